The van der Waals surface area contributed by atoms with Gasteiger partial charge in [0.25, 0.3) is 5.91 Å². The molecule has 3 heteroatoms. The Bertz CT molecular complexity index is 1160. The van der Waals surface area contributed by atoms with Crippen molar-refractivity contribution in [2.24, 2.45) is 0 Å². The van der Waals surface area contributed by atoms with Crippen molar-refractivity contribution in [3.8, 4) is 0 Å². The Labute approximate surface area is 203 Å². The first-order valence-electron chi connectivity index (χ1n) is 12.0. The molecule has 0 radical (unpaired) electrons. The molecule has 0 aromatic heterocycles. The summed E-state index contributed by atoms with van der Waals surface area (Å²) in [4.78, 5) is 14.5. The summed E-state index contributed by atoms with van der Waals surface area (Å²) in [7, 11) is -2.32. The lowest BCUT2D eigenvalue weighted by Gasteiger charge is -2.48. The van der Waals surface area contributed by atoms with Crippen LogP contribution < -0.4 is 21.2 Å². The fraction of sp³-hybridized carbons (Fsp3) is 0.194. The number of benzene rings is 4. The molecule has 5 rings (SSSR count). The summed E-state index contributed by atoms with van der Waals surface area (Å²) in [5.41, 5.74) is 3.16. The smallest absolute Gasteiger partial charge is 0.269 e. The maximum absolute atomic E-state index is 14.5. The summed E-state index contributed by atoms with van der Waals surface area (Å²) in [6.45, 7) is 4.15. The van der Waals surface area contributed by atoms with E-state index in [-0.39, 0.29) is 5.91 Å². The Morgan fingerprint density at radius 1 is 0.647 bits per heavy atom. The Balaban J connectivity index is 1.78. The minimum atomic E-state index is -2.32. The van der Waals surface area contributed by atoms with Crippen LogP contribution in [0.5, 0.6) is 0 Å². The van der Waals surface area contributed by atoms with Crippen LogP contribution >= 0.6 is 7.26 Å². The van der Waals surface area contributed by atoms with Crippen LogP contribution in [0.15, 0.2) is 109 Å². The van der Waals surface area contributed by atoms with E-state index in [0.717, 1.165) is 36.1 Å². The van der Waals surface area contributed by atoms with E-state index in [1.807, 2.05) is 0 Å². The molecule has 4 aromatic rings. The lowest BCUT2D eigenvalue weighted by Crippen LogP contribution is -2.58. The molecular weight excluding hydrogens is 433 g/mol. The van der Waals surface area contributed by atoms with E-state index in [9.17, 15) is 4.79 Å². The zero-order valence-corrected chi connectivity index (χ0v) is 20.8. The molecule has 170 valence electrons. The monoisotopic (exact) mass is 464 g/mol. The Morgan fingerprint density at radius 2 is 1.06 bits per heavy atom. The summed E-state index contributed by atoms with van der Waals surface area (Å²) in [5.74, 6) is 0.154. The fourth-order valence-corrected chi connectivity index (χ4v) is 11.2. The van der Waals surface area contributed by atoms with Gasteiger partial charge < -0.3 is 5.32 Å². The zero-order valence-electron chi connectivity index (χ0n) is 19.9. The van der Waals surface area contributed by atoms with E-state index in [1.165, 1.54) is 15.9 Å². The van der Waals surface area contributed by atoms with E-state index < -0.39 is 12.4 Å². The first kappa shape index (κ1) is 22.6. The molecule has 0 saturated heterocycles. The number of hydrogen-bond acceptors (Lipinski definition) is 1. The van der Waals surface area contributed by atoms with E-state index in [0.29, 0.717) is 0 Å². The van der Waals surface area contributed by atoms with Gasteiger partial charge in [-0.15, -0.1) is 0 Å². The van der Waals surface area contributed by atoms with Crippen molar-refractivity contribution in [1.82, 2.24) is 0 Å². The van der Waals surface area contributed by atoms with Gasteiger partial charge in [0.1, 0.15) is 23.2 Å². The van der Waals surface area contributed by atoms with Gasteiger partial charge in [0, 0.05) is 5.69 Å². The number of anilines is 1. The van der Waals surface area contributed by atoms with Crippen LogP contribution in [-0.4, -0.2) is 11.1 Å². The average molecular weight is 465 g/mol. The Morgan fingerprint density at radius 3 is 1.41 bits per heavy atom. The predicted octanol–water partition coefficient (Wildman–Crippen LogP) is 6.16. The number of aryl methyl sites for hydroxylation is 2. The number of carbonyl (C=O) groups excluding carboxylic acids is 1. The second kappa shape index (κ2) is 9.20. The zero-order chi connectivity index (χ0) is 23.6. The van der Waals surface area contributed by atoms with E-state index in [4.69, 9.17) is 0 Å². The van der Waals surface area contributed by atoms with Crippen molar-refractivity contribution in [3.63, 3.8) is 0 Å². The lowest BCUT2D eigenvalue weighted by atomic mass is 9.83. The minimum Gasteiger partial charge on any atom is -0.322 e. The van der Waals surface area contributed by atoms with Crippen LogP contribution in [-0.2, 0) is 4.79 Å². The fourth-order valence-electron chi connectivity index (χ4n) is 5.61. The topological polar surface area (TPSA) is 29.1 Å². The van der Waals surface area contributed by atoms with Crippen LogP contribution in [0.1, 0.15) is 30.4 Å². The summed E-state index contributed by atoms with van der Waals surface area (Å²) in [5, 5.41) is 6.73. The lowest BCUT2D eigenvalue weighted by molar-refractivity contribution is -0.120. The summed E-state index contributed by atoms with van der Waals surface area (Å²) < 4.78 is 0. The molecule has 4 aromatic carbocycles. The minimum absolute atomic E-state index is 0.154. The molecular formula is C31H31NOP+. The average Bonchev–Trinajstić information content (AvgIpc) is 2.85. The number of carbonyl (C=O) groups is 1. The SMILES string of the molecule is Cc1cccc(C)c1NC(=O)C1([P+](c2ccccc2)(c2ccccc2)c2ccccc2)CCC1. The molecule has 1 N–H and O–H groups in total. The van der Waals surface area contributed by atoms with Crippen molar-refractivity contribution < 1.29 is 4.79 Å². The summed E-state index contributed by atoms with van der Waals surface area (Å²) in [6.07, 6.45) is 2.83. The molecule has 1 aliphatic rings. The van der Waals surface area contributed by atoms with Crippen LogP contribution in [0.25, 0.3) is 0 Å². The molecule has 0 aliphatic heterocycles. The van der Waals surface area contributed by atoms with Gasteiger partial charge in [0.15, 0.2) is 5.16 Å². The highest BCUT2D eigenvalue weighted by molar-refractivity contribution is 7.97. The van der Waals surface area contributed by atoms with Gasteiger partial charge >= 0.3 is 0 Å². The third-order valence-corrected chi connectivity index (χ3v) is 12.5. The molecule has 0 unspecified atom stereocenters. The van der Waals surface area contributed by atoms with Gasteiger partial charge in [0.2, 0.25) is 0 Å². The first-order valence-corrected chi connectivity index (χ1v) is 13.8. The number of rotatable bonds is 6. The van der Waals surface area contributed by atoms with Crippen LogP contribution in [0.3, 0.4) is 0 Å². The van der Waals surface area contributed by atoms with Crippen molar-refractivity contribution >= 4 is 34.8 Å². The molecule has 1 aliphatic carbocycles. The molecule has 0 heterocycles. The number of nitrogens with one attached hydrogen (secondary N) is 1. The summed E-state index contributed by atoms with van der Waals surface area (Å²) in [6, 6.07) is 38.5. The Kier molecular flexibility index (Phi) is 6.11. The van der Waals surface area contributed by atoms with E-state index in [1.54, 1.807) is 0 Å². The largest absolute Gasteiger partial charge is 0.322 e. The summed E-state index contributed by atoms with van der Waals surface area (Å²) >= 11 is 0. The standard InChI is InChI=1S/C31H30NOP/c1-24-14-12-15-25(2)29(24)32-30(33)31(22-13-23-31)34(26-16-6-3-7-17-26,27-18-8-4-9-19-27)28-20-10-5-11-21-28/h3-12,14-21H,13,22-23H2,1-2H3/p+1. The Hall–Kier alpha value is -3.22. The molecule has 34 heavy (non-hydrogen) atoms. The highest BCUT2D eigenvalue weighted by Crippen LogP contribution is 2.72. The van der Waals surface area contributed by atoms with E-state index >= 15 is 0 Å². The molecule has 0 bridgehead atoms. The second-order valence-electron chi connectivity index (χ2n) is 9.28. The van der Waals surface area contributed by atoms with Crippen molar-refractivity contribution in [2.45, 2.75) is 38.3 Å². The van der Waals surface area contributed by atoms with Crippen molar-refractivity contribution in [1.29, 1.82) is 0 Å². The maximum atomic E-state index is 14.5. The first-order chi connectivity index (χ1) is 16.6. The highest BCUT2D eigenvalue weighted by atomic mass is 31.2. The molecule has 2 nitrogen and oxygen atoms in total. The number of hydrogen-bond donors (Lipinski definition) is 1. The normalized spacial score (nSPS) is 14.8. The van der Waals surface area contributed by atoms with Crippen molar-refractivity contribution in [2.75, 3.05) is 5.32 Å². The van der Waals surface area contributed by atoms with Gasteiger partial charge in [-0.05, 0) is 80.6 Å². The molecule has 1 fully saturated rings. The van der Waals surface area contributed by atoms with Gasteiger partial charge in [-0.2, -0.15) is 0 Å². The third kappa shape index (κ3) is 3.49. The highest BCUT2D eigenvalue weighted by Gasteiger charge is 2.69. The van der Waals surface area contributed by atoms with Gasteiger partial charge in [0.05, 0.1) is 0 Å². The molecule has 1 amide bonds. The van der Waals surface area contributed by atoms with Gasteiger partial charge in [-0.3, -0.25) is 4.79 Å². The number of para-hydroxylation sites is 1. The molecule has 0 spiro atoms. The predicted molar refractivity (Wildman–Crippen MR) is 146 cm³/mol. The van der Waals surface area contributed by atoms with Gasteiger partial charge in [-0.25, -0.2) is 0 Å². The quantitative estimate of drug-likeness (QED) is 0.340. The molecule has 0 atom stereocenters. The van der Waals surface area contributed by atoms with E-state index in [2.05, 4.69) is 128 Å². The van der Waals surface area contributed by atoms with Crippen LogP contribution in [0.2, 0.25) is 0 Å². The maximum Gasteiger partial charge on any atom is 0.269 e. The number of amides is 1. The van der Waals surface area contributed by atoms with Crippen molar-refractivity contribution in [3.05, 3.63) is 120 Å². The molecule has 1 saturated carbocycles. The van der Waals surface area contributed by atoms with Gasteiger partial charge in [-0.1, -0.05) is 72.8 Å². The van der Waals surface area contributed by atoms with Crippen LogP contribution in [0, 0.1) is 13.8 Å². The second-order valence-corrected chi connectivity index (χ2v) is 13.0. The third-order valence-electron chi connectivity index (χ3n) is 7.40. The van der Waals surface area contributed by atoms with Crippen LogP contribution in [0.4, 0.5) is 5.69 Å².